The van der Waals surface area contributed by atoms with E-state index in [0.717, 1.165) is 0 Å². The van der Waals surface area contributed by atoms with Crippen LogP contribution in [-0.4, -0.2) is 0 Å². The van der Waals surface area contributed by atoms with Crippen molar-refractivity contribution in [2.24, 2.45) is 0 Å². The van der Waals surface area contributed by atoms with Crippen LogP contribution in [0.2, 0.25) is 0 Å². The normalized spacial score (nSPS) is 10.7. The molecule has 0 amide bonds. The maximum absolute atomic E-state index is 2.30. The molecule has 0 atom stereocenters. The average Bonchev–Trinajstić information content (AvgIpc) is 0.792. The van der Waals surface area contributed by atoms with Crippen LogP contribution in [0.5, 0.6) is 0 Å². The molecule has 21 rings (SSSR count). The van der Waals surface area contributed by atoms with Gasteiger partial charge < -0.3 is 0 Å². The predicted octanol–water partition coefficient (Wildman–Crippen LogP) is 36.6. The second kappa shape index (κ2) is 54.3. The summed E-state index contributed by atoms with van der Waals surface area (Å²) in [5, 5.41) is 0. The number of hydrogen-bond donors (Lipinski definition) is 0. The summed E-state index contributed by atoms with van der Waals surface area (Å²) in [5.74, 6) is 0. The Morgan fingerprint density at radius 2 is 0.245 bits per heavy atom. The van der Waals surface area contributed by atoms with E-state index in [2.05, 4.69) is 646 Å². The van der Waals surface area contributed by atoms with E-state index in [1.165, 1.54) is 158 Å². The predicted molar refractivity (Wildman–Crippen MR) is 618 cm³/mol. The summed E-state index contributed by atoms with van der Waals surface area (Å²) >= 11 is 0. The molecular weight excluding hydrogens is 1860 g/mol. The van der Waals surface area contributed by atoms with Crippen molar-refractivity contribution in [1.29, 1.82) is 0 Å². The molecule has 0 aromatic heterocycles. The first-order valence-corrected chi connectivity index (χ1v) is 57.1. The fourth-order valence-corrected chi connectivity index (χ4v) is 32.1. The number of aryl methyl sites for hydroxylation is 10. The lowest BCUT2D eigenvalue weighted by Gasteiger charge is -2.13. The Morgan fingerprint density at radius 1 is 0.0979 bits per heavy atom. The second-order valence-corrected chi connectivity index (χ2v) is 48.5. The van der Waals surface area contributed by atoms with Crippen molar-refractivity contribution in [2.75, 3.05) is 0 Å². The molecule has 0 saturated heterocycles. The van der Waals surface area contributed by atoms with Crippen LogP contribution in [0.4, 0.5) is 0 Å². The van der Waals surface area contributed by atoms with Gasteiger partial charge in [-0.1, -0.05) is 380 Å². The average molecular weight is 1980 g/mol. The minimum absolute atomic E-state index is 0.0146. The maximum atomic E-state index is 2.30. The summed E-state index contributed by atoms with van der Waals surface area (Å²) in [6.07, 6.45) is 0. The quantitative estimate of drug-likeness (QED) is 0.0629. The van der Waals surface area contributed by atoms with Gasteiger partial charge in [0.15, 0.2) is 103 Å². The molecule has 0 heterocycles. The Bertz CT molecular complexity index is 6730. The molecule has 143 heavy (non-hydrogen) atoms. The van der Waals surface area contributed by atoms with Crippen LogP contribution in [0, 0.1) is 69.2 Å². The summed E-state index contributed by atoms with van der Waals surface area (Å²) in [6.45, 7) is 21.9. The van der Waals surface area contributed by atoms with Gasteiger partial charge in [0.2, 0.25) is 0 Å². The standard InChI is InChI=1S/C21H21S.3C20H19S.C19H17S.2C18H15S/c1-16-14-17(2)21(18(3)15-16)22(19-10-6-4-7-11-19)20-12-8-5-9-13-20;1-16-10-9-11-17(2)20(16)21(18-12-5-3-6-13-18)19-14-7-4-8-15-19;1-16-13-14-20(17(2)15-16)21(18-9-5-3-6-10-18)19-11-7-4-8-12-19;1-16-8-12-19(13-9-16)21(18-6-4-3-5-7-18)20-14-10-17(2)11-15-20;1-16-12-14-19(15-13-16)20(17-8-4-2-5-9-17)18-10-6-3-7-11-18;2*1-4-10-16(11-5-1)19(17-12-6-2-7-13-17)18-14-8-3-9-15-18/h4-15H,1-3H3;3*3-15H,1-2H3;2-15H,1H3;2*1-15H/q7*+1. The van der Waals surface area contributed by atoms with E-state index in [1.807, 2.05) is 0 Å². The Labute approximate surface area is 872 Å². The Hall–Kier alpha value is -13.9. The zero-order chi connectivity index (χ0) is 99.1. The van der Waals surface area contributed by atoms with Gasteiger partial charge >= 0.3 is 0 Å². The lowest BCUT2D eigenvalue weighted by molar-refractivity contribution is 1.16. The highest BCUT2D eigenvalue weighted by Gasteiger charge is 2.37. The lowest BCUT2D eigenvalue weighted by atomic mass is 10.1. The molecule has 0 aliphatic carbocycles. The molecule has 0 aliphatic rings. The lowest BCUT2D eigenvalue weighted by Crippen LogP contribution is -2.08. The van der Waals surface area contributed by atoms with Crippen molar-refractivity contribution in [1.82, 2.24) is 0 Å². The molecule has 21 aromatic rings. The van der Waals surface area contributed by atoms with Crippen molar-refractivity contribution < 1.29 is 0 Å². The molecule has 0 fully saturated rings. The van der Waals surface area contributed by atoms with Crippen LogP contribution in [0.15, 0.2) is 679 Å². The molecule has 7 heteroatoms. The summed E-state index contributed by atoms with van der Waals surface area (Å²) in [7, 11) is -0.202. The maximum Gasteiger partial charge on any atom is 0.172 e. The third-order valence-electron chi connectivity index (χ3n) is 23.4. The van der Waals surface area contributed by atoms with Crippen molar-refractivity contribution in [3.8, 4) is 0 Å². The first-order chi connectivity index (χ1) is 70.2. The highest BCUT2D eigenvalue weighted by molar-refractivity contribution is 7.99. The summed E-state index contributed by atoms with van der Waals surface area (Å²) in [6, 6.07) is 206. The van der Waals surface area contributed by atoms with E-state index in [-0.39, 0.29) is 76.3 Å². The highest BCUT2D eigenvalue weighted by Crippen LogP contribution is 2.41. The van der Waals surface area contributed by atoms with Gasteiger partial charge in [0, 0.05) is 27.8 Å². The van der Waals surface area contributed by atoms with Crippen LogP contribution >= 0.6 is 0 Å². The number of rotatable bonds is 21. The van der Waals surface area contributed by atoms with E-state index < -0.39 is 0 Å². The fourth-order valence-electron chi connectivity index (χ4n) is 16.8. The molecule has 704 valence electrons. The Morgan fingerprint density at radius 3 is 0.427 bits per heavy atom. The topological polar surface area (TPSA) is 0 Å². The van der Waals surface area contributed by atoms with Crippen LogP contribution < -0.4 is 0 Å². The SMILES string of the molecule is Cc1cc(C)c([S+](c2ccccc2)c2ccccc2)c(C)c1.Cc1ccc([S+](c2ccccc2)c2ccc(C)cc2)cc1.Cc1ccc([S+](c2ccccc2)c2ccccc2)c(C)c1.Cc1ccc([S+](c2ccccc2)c2ccccc2)cc1.Cc1cccc(C)c1[S+](c1ccccc1)c1ccccc1.c1ccc([S+](c2ccccc2)c2ccccc2)cc1.c1ccc([S+](c2ccccc2)c2ccccc2)cc1. The molecule has 0 N–H and O–H groups in total. The first-order valence-electron chi connectivity index (χ1n) is 48.5. The van der Waals surface area contributed by atoms with Gasteiger partial charge in [-0.05, 0) is 294 Å². The third-order valence-corrected chi connectivity index (χ3v) is 39.8. The van der Waals surface area contributed by atoms with Crippen molar-refractivity contribution in [3.63, 3.8) is 0 Å². The number of benzene rings is 21. The van der Waals surface area contributed by atoms with Crippen LogP contribution in [0.1, 0.15) is 55.6 Å². The van der Waals surface area contributed by atoms with Crippen LogP contribution in [0.3, 0.4) is 0 Å². The van der Waals surface area contributed by atoms with Crippen molar-refractivity contribution >= 4 is 76.3 Å². The molecular formula is C136H125S7+7. The molecule has 0 radical (unpaired) electrons. The minimum Gasteiger partial charge on any atom is -0.0619 e. The summed E-state index contributed by atoms with van der Waals surface area (Å²) < 4.78 is 0. The molecule has 0 aliphatic heterocycles. The molecule has 21 aromatic carbocycles. The van der Waals surface area contributed by atoms with Crippen LogP contribution in [-0.2, 0) is 76.3 Å². The molecule has 0 saturated carbocycles. The van der Waals surface area contributed by atoms with E-state index in [9.17, 15) is 0 Å². The minimum atomic E-state index is -0.0460. The van der Waals surface area contributed by atoms with E-state index in [1.54, 1.807) is 0 Å². The zero-order valence-corrected chi connectivity index (χ0v) is 88.9. The molecule has 0 nitrogen and oxygen atoms in total. The largest absolute Gasteiger partial charge is 0.172 e. The summed E-state index contributed by atoms with van der Waals surface area (Å²) in [5.41, 5.74) is 13.4. The van der Waals surface area contributed by atoms with E-state index in [4.69, 9.17) is 0 Å². The Balaban J connectivity index is 0.000000126. The molecule has 0 spiro atoms. The van der Waals surface area contributed by atoms with Crippen molar-refractivity contribution in [2.45, 2.75) is 172 Å². The Kier molecular flexibility index (Phi) is 39.3. The van der Waals surface area contributed by atoms with E-state index in [0.29, 0.717) is 0 Å². The monoisotopic (exact) mass is 1980 g/mol. The van der Waals surface area contributed by atoms with Gasteiger partial charge in [0.1, 0.15) is 0 Å². The van der Waals surface area contributed by atoms with Gasteiger partial charge in [-0.25, -0.2) is 0 Å². The zero-order valence-electron chi connectivity index (χ0n) is 83.2. The van der Waals surface area contributed by atoms with E-state index >= 15 is 0 Å². The number of hydrogen-bond acceptors (Lipinski definition) is 0. The smallest absolute Gasteiger partial charge is 0.0619 e. The fraction of sp³-hybridized carbons (Fsp3) is 0.0735. The second-order valence-electron chi connectivity index (χ2n) is 34.5. The highest BCUT2D eigenvalue weighted by atomic mass is 32.2. The van der Waals surface area contributed by atoms with Crippen LogP contribution in [0.25, 0.3) is 0 Å². The summed E-state index contributed by atoms with van der Waals surface area (Å²) in [4.78, 5) is 28.9. The molecule has 0 bridgehead atoms. The van der Waals surface area contributed by atoms with Gasteiger partial charge in [-0.3, -0.25) is 0 Å². The van der Waals surface area contributed by atoms with Gasteiger partial charge in [0.05, 0.1) is 76.3 Å². The first kappa shape index (κ1) is 103. The third kappa shape index (κ3) is 29.4. The van der Waals surface area contributed by atoms with Crippen molar-refractivity contribution in [3.05, 3.63) is 632 Å². The van der Waals surface area contributed by atoms with Gasteiger partial charge in [-0.15, -0.1) is 0 Å². The van der Waals surface area contributed by atoms with Gasteiger partial charge in [-0.2, -0.15) is 0 Å². The molecule has 0 unspecified atom stereocenters. The van der Waals surface area contributed by atoms with Gasteiger partial charge in [0.25, 0.3) is 0 Å².